The van der Waals surface area contributed by atoms with Crippen molar-refractivity contribution in [1.82, 2.24) is 5.32 Å². The summed E-state index contributed by atoms with van der Waals surface area (Å²) in [4.78, 5) is 0. The van der Waals surface area contributed by atoms with Crippen LogP contribution in [0.2, 0.25) is 0 Å². The van der Waals surface area contributed by atoms with Crippen LogP contribution in [-0.4, -0.2) is 20.2 Å². The summed E-state index contributed by atoms with van der Waals surface area (Å²) in [5.41, 5.74) is 2.94. The second-order valence-corrected chi connectivity index (χ2v) is 4.73. The molecule has 0 aliphatic heterocycles. The van der Waals surface area contributed by atoms with Gasteiger partial charge in [-0.25, -0.2) is 0 Å². The van der Waals surface area contributed by atoms with Crippen LogP contribution in [0.5, 0.6) is 5.75 Å². The molecule has 0 atom stereocenters. The summed E-state index contributed by atoms with van der Waals surface area (Å²) in [5.74, 6) is 1.10. The van der Waals surface area contributed by atoms with Crippen molar-refractivity contribution in [2.45, 2.75) is 20.8 Å². The van der Waals surface area contributed by atoms with Gasteiger partial charge in [0.25, 0.3) is 0 Å². The molecule has 0 radical (unpaired) electrons. The summed E-state index contributed by atoms with van der Waals surface area (Å²) >= 11 is 0. The van der Waals surface area contributed by atoms with Crippen molar-refractivity contribution in [2.24, 2.45) is 5.92 Å². The minimum absolute atomic E-state index is 0.478. The zero-order chi connectivity index (χ0) is 14.3. The molecule has 1 N–H and O–H groups in total. The Hall–Kier alpha value is -1.79. The SMILES string of the molecule is CCNCC(=Cc1ccc(OC)c(C#N)c1)C(C)C. The Morgan fingerprint density at radius 2 is 2.21 bits per heavy atom. The van der Waals surface area contributed by atoms with Gasteiger partial charge in [-0.05, 0) is 30.2 Å². The largest absolute Gasteiger partial charge is 0.495 e. The Bertz CT molecular complexity index is 484. The third kappa shape index (κ3) is 4.42. The van der Waals surface area contributed by atoms with Crippen molar-refractivity contribution in [3.05, 3.63) is 34.9 Å². The molecule has 0 saturated carbocycles. The number of nitriles is 1. The van der Waals surface area contributed by atoms with Gasteiger partial charge in [-0.2, -0.15) is 5.26 Å². The van der Waals surface area contributed by atoms with Gasteiger partial charge < -0.3 is 10.1 Å². The van der Waals surface area contributed by atoms with Crippen molar-refractivity contribution in [3.8, 4) is 11.8 Å². The van der Waals surface area contributed by atoms with Crippen molar-refractivity contribution in [2.75, 3.05) is 20.2 Å². The Morgan fingerprint density at radius 3 is 2.74 bits per heavy atom. The summed E-state index contributed by atoms with van der Waals surface area (Å²) in [5, 5.41) is 12.4. The maximum absolute atomic E-state index is 9.10. The molecular formula is C16H22N2O. The molecule has 0 aromatic heterocycles. The molecule has 1 rings (SSSR count). The third-order valence-corrected chi connectivity index (χ3v) is 3.02. The number of benzene rings is 1. The summed E-state index contributed by atoms with van der Waals surface area (Å²) in [6, 6.07) is 7.85. The van der Waals surface area contributed by atoms with Crippen molar-refractivity contribution >= 4 is 6.08 Å². The third-order valence-electron chi connectivity index (χ3n) is 3.02. The fourth-order valence-corrected chi connectivity index (χ4v) is 1.81. The van der Waals surface area contributed by atoms with Gasteiger partial charge in [-0.15, -0.1) is 0 Å². The highest BCUT2D eigenvalue weighted by Crippen LogP contribution is 2.21. The minimum Gasteiger partial charge on any atom is -0.495 e. The molecule has 102 valence electrons. The number of nitrogens with one attached hydrogen (secondary N) is 1. The highest BCUT2D eigenvalue weighted by atomic mass is 16.5. The van der Waals surface area contributed by atoms with E-state index in [0.29, 0.717) is 17.2 Å². The van der Waals surface area contributed by atoms with Gasteiger partial charge >= 0.3 is 0 Å². The Labute approximate surface area is 115 Å². The molecule has 0 aliphatic rings. The van der Waals surface area contributed by atoms with Gasteiger partial charge in [-0.1, -0.05) is 38.5 Å². The molecule has 0 spiro atoms. The van der Waals surface area contributed by atoms with Gasteiger partial charge in [0.15, 0.2) is 0 Å². The van der Waals surface area contributed by atoms with Crippen LogP contribution in [0.25, 0.3) is 6.08 Å². The van der Waals surface area contributed by atoms with Crippen LogP contribution in [0.15, 0.2) is 23.8 Å². The van der Waals surface area contributed by atoms with E-state index in [1.807, 2.05) is 18.2 Å². The zero-order valence-electron chi connectivity index (χ0n) is 12.2. The number of hydrogen-bond acceptors (Lipinski definition) is 3. The maximum Gasteiger partial charge on any atom is 0.136 e. The first kappa shape index (κ1) is 15.3. The number of hydrogen-bond donors (Lipinski definition) is 1. The molecule has 3 heteroatoms. The van der Waals surface area contributed by atoms with E-state index in [2.05, 4.69) is 38.2 Å². The predicted octanol–water partition coefficient (Wildman–Crippen LogP) is 3.22. The van der Waals surface area contributed by atoms with Crippen LogP contribution in [0.4, 0.5) is 0 Å². The number of rotatable bonds is 6. The van der Waals surface area contributed by atoms with E-state index in [0.717, 1.165) is 18.7 Å². The average molecular weight is 258 g/mol. The summed E-state index contributed by atoms with van der Waals surface area (Å²) in [6.45, 7) is 8.28. The lowest BCUT2D eigenvalue weighted by Crippen LogP contribution is -2.18. The first-order valence-electron chi connectivity index (χ1n) is 6.61. The van der Waals surface area contributed by atoms with Crippen LogP contribution >= 0.6 is 0 Å². The molecule has 0 heterocycles. The fourth-order valence-electron chi connectivity index (χ4n) is 1.81. The van der Waals surface area contributed by atoms with E-state index < -0.39 is 0 Å². The molecule has 0 fully saturated rings. The maximum atomic E-state index is 9.10. The summed E-state index contributed by atoms with van der Waals surface area (Å²) < 4.78 is 5.15. The highest BCUT2D eigenvalue weighted by Gasteiger charge is 2.06. The van der Waals surface area contributed by atoms with Gasteiger partial charge in [0.1, 0.15) is 11.8 Å². The lowest BCUT2D eigenvalue weighted by atomic mass is 9.99. The van der Waals surface area contributed by atoms with Crippen molar-refractivity contribution in [3.63, 3.8) is 0 Å². The lowest BCUT2D eigenvalue weighted by molar-refractivity contribution is 0.413. The first-order chi connectivity index (χ1) is 9.12. The van der Waals surface area contributed by atoms with Crippen LogP contribution in [0.1, 0.15) is 31.9 Å². The van der Waals surface area contributed by atoms with Crippen molar-refractivity contribution < 1.29 is 4.74 Å². The van der Waals surface area contributed by atoms with E-state index in [9.17, 15) is 0 Å². The molecule has 0 saturated heterocycles. The quantitative estimate of drug-likeness (QED) is 0.852. The minimum atomic E-state index is 0.478. The molecule has 0 aliphatic carbocycles. The topological polar surface area (TPSA) is 45.0 Å². The van der Waals surface area contributed by atoms with Crippen LogP contribution in [0, 0.1) is 17.2 Å². The Kier molecular flexibility index (Phi) is 6.11. The molecule has 3 nitrogen and oxygen atoms in total. The van der Waals surface area contributed by atoms with E-state index in [1.165, 1.54) is 5.57 Å². The standard InChI is InChI=1S/C16H22N2O/c1-5-18-11-15(12(2)3)9-13-6-7-16(19-4)14(8-13)10-17/h6-9,12,18H,5,11H2,1-4H3. The molecule has 0 bridgehead atoms. The molecular weight excluding hydrogens is 236 g/mol. The average Bonchev–Trinajstić information content (AvgIpc) is 2.42. The van der Waals surface area contributed by atoms with Gasteiger partial charge in [-0.3, -0.25) is 0 Å². The Balaban J connectivity index is 3.04. The van der Waals surface area contributed by atoms with E-state index in [4.69, 9.17) is 10.00 Å². The molecule has 19 heavy (non-hydrogen) atoms. The lowest BCUT2D eigenvalue weighted by Gasteiger charge is -2.12. The number of likely N-dealkylation sites (N-methyl/N-ethyl adjacent to an activating group) is 1. The van der Waals surface area contributed by atoms with Gasteiger partial charge in [0.05, 0.1) is 12.7 Å². The summed E-state index contributed by atoms with van der Waals surface area (Å²) in [6.07, 6.45) is 2.15. The molecule has 1 aromatic carbocycles. The van der Waals surface area contributed by atoms with Gasteiger partial charge in [0.2, 0.25) is 0 Å². The normalized spacial score (nSPS) is 11.5. The number of nitrogens with zero attached hydrogens (tertiary/aromatic N) is 1. The van der Waals surface area contributed by atoms with Crippen LogP contribution in [-0.2, 0) is 0 Å². The highest BCUT2D eigenvalue weighted by molar-refractivity contribution is 5.59. The van der Waals surface area contributed by atoms with Crippen LogP contribution in [0.3, 0.4) is 0 Å². The Morgan fingerprint density at radius 1 is 1.47 bits per heavy atom. The van der Waals surface area contributed by atoms with Gasteiger partial charge in [0, 0.05) is 6.54 Å². The van der Waals surface area contributed by atoms with E-state index >= 15 is 0 Å². The second kappa shape index (κ2) is 7.60. The summed E-state index contributed by atoms with van der Waals surface area (Å²) in [7, 11) is 1.58. The monoisotopic (exact) mass is 258 g/mol. The smallest absolute Gasteiger partial charge is 0.136 e. The first-order valence-corrected chi connectivity index (χ1v) is 6.61. The van der Waals surface area contributed by atoms with Crippen molar-refractivity contribution in [1.29, 1.82) is 5.26 Å². The van der Waals surface area contributed by atoms with E-state index in [1.54, 1.807) is 7.11 Å². The zero-order valence-corrected chi connectivity index (χ0v) is 12.2. The molecule has 0 unspecified atom stereocenters. The molecule has 1 aromatic rings. The number of ether oxygens (including phenoxy) is 1. The van der Waals surface area contributed by atoms with Crippen LogP contribution < -0.4 is 10.1 Å². The predicted molar refractivity (Wildman–Crippen MR) is 79.1 cm³/mol. The number of methoxy groups -OCH3 is 1. The fraction of sp³-hybridized carbons (Fsp3) is 0.438. The second-order valence-electron chi connectivity index (χ2n) is 4.73. The van der Waals surface area contributed by atoms with E-state index in [-0.39, 0.29) is 0 Å². The molecule has 0 amide bonds.